The number of thioether (sulfide) groups is 2. The van der Waals surface area contributed by atoms with Crippen molar-refractivity contribution in [2.45, 2.75) is 16.6 Å². The van der Waals surface area contributed by atoms with Crippen LogP contribution in [0.2, 0.25) is 0 Å². The summed E-state index contributed by atoms with van der Waals surface area (Å²) in [6.45, 7) is 0. The Morgan fingerprint density at radius 2 is 2.10 bits per heavy atom. The lowest BCUT2D eigenvalue weighted by Gasteiger charge is -2.49. The Bertz CT molecular complexity index is 1650. The molecule has 5 rings (SSSR count). The number of aromatic hydroxyl groups is 1. The second-order valence-corrected chi connectivity index (χ2v) is 11.0. The van der Waals surface area contributed by atoms with Crippen molar-refractivity contribution >= 4 is 75.4 Å². The minimum atomic E-state index is -1.65. The maximum absolute atomic E-state index is 13.1. The highest BCUT2D eigenvalue weighted by Gasteiger charge is 2.54. The predicted octanol–water partition coefficient (Wildman–Crippen LogP) is 0.0157. The summed E-state index contributed by atoms with van der Waals surface area (Å²) in [5, 5.41) is 40.0. The number of nitrogen functional groups attached to an aromatic ring is 1. The summed E-state index contributed by atoms with van der Waals surface area (Å²) in [7, 11) is 1.24. The second kappa shape index (κ2) is 11.1. The van der Waals surface area contributed by atoms with Gasteiger partial charge in [-0.25, -0.2) is 19.6 Å². The molecule has 41 heavy (non-hydrogen) atoms. The summed E-state index contributed by atoms with van der Waals surface area (Å²) in [4.78, 5) is 66.5. The summed E-state index contributed by atoms with van der Waals surface area (Å²) < 4.78 is 5.82. The van der Waals surface area contributed by atoms with Crippen molar-refractivity contribution in [1.29, 1.82) is 0 Å². The molecule has 0 saturated carbocycles. The van der Waals surface area contributed by atoms with Gasteiger partial charge in [-0.1, -0.05) is 16.9 Å². The molecular weight excluding hydrogens is 606 g/mol. The molecule has 2 atom stereocenters. The van der Waals surface area contributed by atoms with Crippen LogP contribution in [-0.4, -0.2) is 104 Å². The summed E-state index contributed by atoms with van der Waals surface area (Å²) in [6, 6.07) is -1.02. The molecule has 0 aromatic carbocycles. The highest BCUT2D eigenvalue weighted by Crippen LogP contribution is 2.42. The van der Waals surface area contributed by atoms with Crippen molar-refractivity contribution < 1.29 is 44.1 Å². The Morgan fingerprint density at radius 1 is 1.32 bits per heavy atom. The van der Waals surface area contributed by atoms with E-state index in [4.69, 9.17) is 20.4 Å². The number of β-lactam (4-membered cyclic amide) rings is 1. The quantitative estimate of drug-likeness (QED) is 0.0691. The number of hydrogen-bond acceptors (Lipinski definition) is 16. The van der Waals surface area contributed by atoms with E-state index in [2.05, 4.69) is 30.5 Å². The van der Waals surface area contributed by atoms with E-state index in [1.54, 1.807) is 0 Å². The third-order valence-electron chi connectivity index (χ3n) is 5.55. The molecule has 6 N–H and O–H groups in total. The van der Waals surface area contributed by atoms with Gasteiger partial charge in [-0.05, 0) is 0 Å². The van der Waals surface area contributed by atoms with Gasteiger partial charge in [-0.15, -0.1) is 28.2 Å². The fraction of sp³-hybridized carbons (Fsp3) is 0.250. The number of oxime groups is 1. The summed E-state index contributed by atoms with van der Waals surface area (Å²) in [5.41, 5.74) is 5.54. The molecule has 0 radical (unpaired) electrons. The molecular formula is C20H17N9O9S3. The first-order chi connectivity index (χ1) is 19.6. The van der Waals surface area contributed by atoms with E-state index in [0.717, 1.165) is 38.7 Å². The van der Waals surface area contributed by atoms with Gasteiger partial charge in [0.15, 0.2) is 10.8 Å². The zero-order valence-electron chi connectivity index (χ0n) is 20.4. The van der Waals surface area contributed by atoms with Crippen LogP contribution in [0.25, 0.3) is 5.78 Å². The number of carbonyl (C=O) groups is 4. The average Bonchev–Trinajstić information content (AvgIpc) is 3.55. The van der Waals surface area contributed by atoms with Crippen LogP contribution in [0.4, 0.5) is 9.93 Å². The van der Waals surface area contributed by atoms with Gasteiger partial charge < -0.3 is 35.9 Å². The first kappa shape index (κ1) is 27.9. The fourth-order valence-corrected chi connectivity index (χ4v) is 6.59. The van der Waals surface area contributed by atoms with Crippen LogP contribution < -0.4 is 11.1 Å². The van der Waals surface area contributed by atoms with Gasteiger partial charge in [0, 0.05) is 22.5 Å². The molecule has 1 fully saturated rings. The molecule has 1 saturated heterocycles. The molecule has 2 amide bonds. The predicted molar refractivity (Wildman–Crippen MR) is 141 cm³/mol. The number of carboxylic acids is 1. The number of ether oxygens (including phenoxy) is 1. The highest BCUT2D eigenvalue weighted by atomic mass is 32.2. The lowest BCUT2D eigenvalue weighted by atomic mass is 10.1. The van der Waals surface area contributed by atoms with E-state index in [1.165, 1.54) is 24.3 Å². The minimum Gasteiger partial charge on any atom is -0.493 e. The average molecular weight is 624 g/mol. The van der Waals surface area contributed by atoms with E-state index in [0.29, 0.717) is 5.57 Å². The van der Waals surface area contributed by atoms with Crippen molar-refractivity contribution in [1.82, 2.24) is 34.8 Å². The first-order valence-corrected chi connectivity index (χ1v) is 14.0. The number of nitrogens with zero attached hydrogens (tertiary/aromatic N) is 7. The molecule has 5 heterocycles. The van der Waals surface area contributed by atoms with Crippen LogP contribution >= 0.6 is 34.9 Å². The number of hydrogen-bond donors (Lipinski definition) is 5. The second-order valence-electron chi connectivity index (χ2n) is 8.03. The van der Waals surface area contributed by atoms with Crippen LogP contribution in [0.5, 0.6) is 5.88 Å². The molecule has 0 unspecified atom stereocenters. The molecule has 0 spiro atoms. The van der Waals surface area contributed by atoms with Gasteiger partial charge in [0.05, 0.1) is 6.20 Å². The van der Waals surface area contributed by atoms with Crippen LogP contribution in [-0.2, 0) is 19.2 Å². The van der Waals surface area contributed by atoms with Crippen molar-refractivity contribution in [3.63, 3.8) is 0 Å². The maximum Gasteiger partial charge on any atom is 0.512 e. The third-order valence-corrected chi connectivity index (χ3v) is 8.49. The highest BCUT2D eigenvalue weighted by molar-refractivity contribution is 8.01. The van der Waals surface area contributed by atoms with Crippen molar-refractivity contribution in [2.24, 2.45) is 5.16 Å². The number of anilines is 1. The maximum atomic E-state index is 13.1. The number of fused-ring (bicyclic) bond motifs is 2. The monoisotopic (exact) mass is 623 g/mol. The number of aromatic carboxylic acids is 1. The molecule has 2 aliphatic heterocycles. The van der Waals surface area contributed by atoms with Gasteiger partial charge in [-0.3, -0.25) is 14.5 Å². The SMILES string of the molecule is CO/N=C(\C(=O)N[C@@H]1C(=O)N2C(OC(=O)O)=C(CSc3nc4ncc(C(=O)O)c(O)n4n3)CS[C@H]12)c1csc(N)n1. The standard InChI is InChI=1S/C20H17N9O9S3/c1-37-27-9(8-5-40-17(21)23-8)11(30)24-10-13(32)28-14(38-20(35)36)6(3-39-15(10)28)4-41-19-25-18-22-2-7(16(33)34)12(31)29(18)26-19/h2,5,10,15,31H,3-4H2,1H3,(H2,21,23)(H,24,30)(H,33,34)(H,35,36)/b27-9-/t10-,15-/m1/s1. The smallest absolute Gasteiger partial charge is 0.493 e. The third kappa shape index (κ3) is 5.28. The fourth-order valence-electron chi connectivity index (χ4n) is 3.78. The molecule has 2 aliphatic rings. The molecule has 0 aliphatic carbocycles. The zero-order chi connectivity index (χ0) is 29.4. The van der Waals surface area contributed by atoms with Crippen LogP contribution in [0, 0.1) is 0 Å². The Kier molecular flexibility index (Phi) is 7.55. The van der Waals surface area contributed by atoms with Crippen molar-refractivity contribution in [3.8, 4) is 5.88 Å². The number of amides is 2. The van der Waals surface area contributed by atoms with Crippen LogP contribution in [0.15, 0.2) is 33.3 Å². The normalized spacial score (nSPS) is 18.6. The van der Waals surface area contributed by atoms with Crippen LogP contribution in [0.1, 0.15) is 16.1 Å². The lowest BCUT2D eigenvalue weighted by molar-refractivity contribution is -0.148. The Hall–Kier alpha value is -4.63. The number of thiazole rings is 1. The number of nitrogens with one attached hydrogen (secondary N) is 1. The molecule has 21 heteroatoms. The summed E-state index contributed by atoms with van der Waals surface area (Å²) >= 11 is 3.36. The number of nitrogens with two attached hydrogens (primary N) is 1. The van der Waals surface area contributed by atoms with Crippen molar-refractivity contribution in [2.75, 3.05) is 24.3 Å². The molecule has 18 nitrogen and oxygen atoms in total. The molecule has 3 aromatic rings. The largest absolute Gasteiger partial charge is 0.512 e. The van der Waals surface area contributed by atoms with E-state index in [9.17, 15) is 29.4 Å². The lowest BCUT2D eigenvalue weighted by Crippen LogP contribution is -2.70. The van der Waals surface area contributed by atoms with Crippen LogP contribution in [0.3, 0.4) is 0 Å². The van der Waals surface area contributed by atoms with E-state index < -0.39 is 46.8 Å². The van der Waals surface area contributed by atoms with E-state index in [1.807, 2.05) is 0 Å². The number of aromatic nitrogens is 5. The Balaban J connectivity index is 1.33. The van der Waals surface area contributed by atoms with Crippen molar-refractivity contribution in [3.05, 3.63) is 34.3 Å². The summed E-state index contributed by atoms with van der Waals surface area (Å²) in [5.74, 6) is -3.41. The number of rotatable bonds is 9. The van der Waals surface area contributed by atoms with Gasteiger partial charge in [0.1, 0.15) is 29.8 Å². The molecule has 214 valence electrons. The minimum absolute atomic E-state index is 0.0581. The Labute approximate surface area is 240 Å². The molecule has 3 aromatic heterocycles. The topological polar surface area (TPSA) is 257 Å². The van der Waals surface area contributed by atoms with E-state index >= 15 is 0 Å². The number of carbonyl (C=O) groups excluding carboxylic acids is 2. The number of carboxylic acid groups (broad SMARTS) is 2. The van der Waals surface area contributed by atoms with Gasteiger partial charge in [0.25, 0.3) is 17.6 Å². The summed E-state index contributed by atoms with van der Waals surface area (Å²) in [6.07, 6.45) is -0.707. The Morgan fingerprint density at radius 3 is 2.76 bits per heavy atom. The van der Waals surface area contributed by atoms with Gasteiger partial charge in [0.2, 0.25) is 16.9 Å². The van der Waals surface area contributed by atoms with E-state index in [-0.39, 0.29) is 44.9 Å². The van der Waals surface area contributed by atoms with Gasteiger partial charge >= 0.3 is 12.1 Å². The molecule has 0 bridgehead atoms. The zero-order valence-corrected chi connectivity index (χ0v) is 22.9. The first-order valence-electron chi connectivity index (χ1n) is 11.1. The van der Waals surface area contributed by atoms with Gasteiger partial charge in [-0.2, -0.15) is 9.50 Å².